The van der Waals surface area contributed by atoms with Crippen LogP contribution < -0.4 is 15.0 Å². The third-order valence-electron chi connectivity index (χ3n) is 5.01. The van der Waals surface area contributed by atoms with Crippen LogP contribution in [0.25, 0.3) is 10.9 Å². The predicted molar refractivity (Wildman–Crippen MR) is 124 cm³/mol. The summed E-state index contributed by atoms with van der Waals surface area (Å²) in [6.45, 7) is 0.360. The number of para-hydroxylation sites is 1. The highest BCUT2D eigenvalue weighted by Crippen LogP contribution is 2.29. The molecule has 0 aliphatic rings. The number of hydrogen-bond donors (Lipinski definition) is 1. The topological polar surface area (TPSA) is 76.6 Å². The van der Waals surface area contributed by atoms with Crippen LogP contribution in [0.2, 0.25) is 0 Å². The zero-order valence-corrected chi connectivity index (χ0v) is 18.0. The average molecular weight is 428 g/mol. The third kappa shape index (κ3) is 4.95. The van der Waals surface area contributed by atoms with Crippen LogP contribution in [0.4, 0.5) is 16.3 Å². The fraction of sp³-hybridized carbons (Fsp3) is 0.160. The van der Waals surface area contributed by atoms with Gasteiger partial charge in [-0.2, -0.15) is 0 Å². The molecule has 0 aliphatic heterocycles. The number of nitrogens with zero attached hydrogens (tertiary/aromatic N) is 3. The van der Waals surface area contributed by atoms with Gasteiger partial charge in [0.25, 0.3) is 0 Å². The molecule has 4 rings (SSSR count). The first kappa shape index (κ1) is 21.1. The van der Waals surface area contributed by atoms with Gasteiger partial charge in [-0.05, 0) is 42.0 Å². The van der Waals surface area contributed by atoms with Crippen LogP contribution in [0.5, 0.6) is 5.75 Å². The SMILES string of the molecule is COc1ccc(N(C)c2nc(CNC(=O)OCc3ccccc3)nc3ccccc23)cc1. The number of ether oxygens (including phenoxy) is 2. The van der Waals surface area contributed by atoms with Crippen LogP contribution >= 0.6 is 0 Å². The molecule has 7 heteroatoms. The van der Waals surface area contributed by atoms with Gasteiger partial charge >= 0.3 is 6.09 Å². The Labute approximate surface area is 186 Å². The first-order chi connectivity index (χ1) is 15.6. The number of nitrogens with one attached hydrogen (secondary N) is 1. The van der Waals surface area contributed by atoms with Crippen molar-refractivity contribution in [2.24, 2.45) is 0 Å². The van der Waals surface area contributed by atoms with E-state index in [1.54, 1.807) is 7.11 Å². The molecule has 32 heavy (non-hydrogen) atoms. The average Bonchev–Trinajstić information content (AvgIpc) is 2.86. The highest BCUT2D eigenvalue weighted by atomic mass is 16.5. The molecule has 7 nitrogen and oxygen atoms in total. The van der Waals surface area contributed by atoms with E-state index in [1.165, 1.54) is 0 Å². The summed E-state index contributed by atoms with van der Waals surface area (Å²) in [5, 5.41) is 3.65. The lowest BCUT2D eigenvalue weighted by Gasteiger charge is -2.21. The number of amides is 1. The van der Waals surface area contributed by atoms with Gasteiger partial charge in [0.2, 0.25) is 0 Å². The van der Waals surface area contributed by atoms with E-state index in [0.717, 1.165) is 33.7 Å². The highest BCUT2D eigenvalue weighted by Gasteiger charge is 2.14. The first-order valence-corrected chi connectivity index (χ1v) is 10.2. The normalized spacial score (nSPS) is 10.6. The Bertz CT molecular complexity index is 1200. The Balaban J connectivity index is 1.51. The quantitative estimate of drug-likeness (QED) is 0.454. The second kappa shape index (κ2) is 9.78. The molecule has 0 radical (unpaired) electrons. The number of aromatic nitrogens is 2. The van der Waals surface area contributed by atoms with Crippen molar-refractivity contribution in [3.05, 3.63) is 90.3 Å². The van der Waals surface area contributed by atoms with E-state index in [2.05, 4.69) is 10.3 Å². The van der Waals surface area contributed by atoms with Crippen LogP contribution in [0, 0.1) is 0 Å². The van der Waals surface area contributed by atoms with Crippen LogP contribution in [0.1, 0.15) is 11.4 Å². The minimum atomic E-state index is -0.518. The minimum Gasteiger partial charge on any atom is -0.497 e. The van der Waals surface area contributed by atoms with Crippen molar-refractivity contribution in [2.45, 2.75) is 13.2 Å². The lowest BCUT2D eigenvalue weighted by molar-refractivity contribution is 0.139. The number of carbonyl (C=O) groups excluding carboxylic acids is 1. The summed E-state index contributed by atoms with van der Waals surface area (Å²) < 4.78 is 10.5. The first-order valence-electron chi connectivity index (χ1n) is 10.2. The largest absolute Gasteiger partial charge is 0.497 e. The minimum absolute atomic E-state index is 0.155. The van der Waals surface area contributed by atoms with Gasteiger partial charge in [0.15, 0.2) is 5.82 Å². The molecule has 1 heterocycles. The lowest BCUT2D eigenvalue weighted by Crippen LogP contribution is -2.25. The summed E-state index contributed by atoms with van der Waals surface area (Å²) >= 11 is 0. The standard InChI is InChI=1S/C25H24N4O3/c1-29(19-12-14-20(31-2)15-13-19)24-21-10-6-7-11-22(21)27-23(28-24)16-26-25(30)32-17-18-8-4-3-5-9-18/h3-15H,16-17H2,1-2H3,(H,26,30). The second-order valence-electron chi connectivity index (χ2n) is 7.15. The number of benzene rings is 3. The Morgan fingerprint density at radius 2 is 1.66 bits per heavy atom. The molecule has 3 aromatic carbocycles. The van der Waals surface area contributed by atoms with Crippen molar-refractivity contribution in [3.63, 3.8) is 0 Å². The molecule has 1 amide bonds. The van der Waals surface area contributed by atoms with Crippen molar-refractivity contribution >= 4 is 28.5 Å². The van der Waals surface area contributed by atoms with Crippen molar-refractivity contribution in [3.8, 4) is 5.75 Å². The molecule has 0 bridgehead atoms. The Morgan fingerprint density at radius 1 is 0.938 bits per heavy atom. The molecule has 4 aromatic rings. The van der Waals surface area contributed by atoms with Gasteiger partial charge in [0, 0.05) is 18.1 Å². The predicted octanol–water partition coefficient (Wildman–Crippen LogP) is 4.83. The van der Waals surface area contributed by atoms with E-state index in [1.807, 2.05) is 90.8 Å². The van der Waals surface area contributed by atoms with E-state index in [9.17, 15) is 4.79 Å². The van der Waals surface area contributed by atoms with Crippen LogP contribution in [0.3, 0.4) is 0 Å². The highest BCUT2D eigenvalue weighted by molar-refractivity contribution is 5.91. The fourth-order valence-corrected chi connectivity index (χ4v) is 3.29. The lowest BCUT2D eigenvalue weighted by atomic mass is 10.2. The number of rotatable bonds is 7. The number of anilines is 2. The van der Waals surface area contributed by atoms with Gasteiger partial charge in [-0.15, -0.1) is 0 Å². The number of carbonyl (C=O) groups is 1. The Hall–Kier alpha value is -4.13. The zero-order valence-electron chi connectivity index (χ0n) is 18.0. The van der Waals surface area contributed by atoms with E-state index in [4.69, 9.17) is 14.5 Å². The molecule has 0 aliphatic carbocycles. The maximum absolute atomic E-state index is 12.1. The zero-order chi connectivity index (χ0) is 22.3. The third-order valence-corrected chi connectivity index (χ3v) is 5.01. The van der Waals surface area contributed by atoms with Gasteiger partial charge in [-0.3, -0.25) is 0 Å². The van der Waals surface area contributed by atoms with Crippen molar-refractivity contribution < 1.29 is 14.3 Å². The van der Waals surface area contributed by atoms with E-state index in [0.29, 0.717) is 5.82 Å². The van der Waals surface area contributed by atoms with Gasteiger partial charge in [0.1, 0.15) is 18.2 Å². The molecular weight excluding hydrogens is 404 g/mol. The number of methoxy groups -OCH3 is 1. The van der Waals surface area contributed by atoms with E-state index < -0.39 is 6.09 Å². The fourth-order valence-electron chi connectivity index (χ4n) is 3.29. The molecule has 0 saturated heterocycles. The molecule has 1 N–H and O–H groups in total. The molecule has 162 valence electrons. The maximum atomic E-state index is 12.1. The Kier molecular flexibility index (Phi) is 6.46. The summed E-state index contributed by atoms with van der Waals surface area (Å²) in [4.78, 5) is 23.5. The molecule has 0 fully saturated rings. The van der Waals surface area contributed by atoms with E-state index in [-0.39, 0.29) is 13.2 Å². The molecule has 0 unspecified atom stereocenters. The number of hydrogen-bond acceptors (Lipinski definition) is 6. The molecule has 0 spiro atoms. The smallest absolute Gasteiger partial charge is 0.407 e. The molecule has 0 saturated carbocycles. The van der Waals surface area contributed by atoms with Crippen molar-refractivity contribution in [1.29, 1.82) is 0 Å². The van der Waals surface area contributed by atoms with Gasteiger partial charge < -0.3 is 19.7 Å². The summed E-state index contributed by atoms with van der Waals surface area (Å²) in [6.07, 6.45) is -0.518. The summed E-state index contributed by atoms with van der Waals surface area (Å²) in [7, 11) is 3.59. The summed E-state index contributed by atoms with van der Waals surface area (Å²) in [5.41, 5.74) is 2.68. The van der Waals surface area contributed by atoms with Gasteiger partial charge in [-0.1, -0.05) is 42.5 Å². The van der Waals surface area contributed by atoms with Crippen molar-refractivity contribution in [2.75, 3.05) is 19.1 Å². The molecule has 1 aromatic heterocycles. The van der Waals surface area contributed by atoms with Crippen molar-refractivity contribution in [1.82, 2.24) is 15.3 Å². The second-order valence-corrected chi connectivity index (χ2v) is 7.15. The van der Waals surface area contributed by atoms with Gasteiger partial charge in [0.05, 0.1) is 19.2 Å². The van der Waals surface area contributed by atoms with Crippen LogP contribution in [-0.4, -0.2) is 30.2 Å². The molecule has 0 atom stereocenters. The monoisotopic (exact) mass is 428 g/mol. The Morgan fingerprint density at radius 3 is 2.41 bits per heavy atom. The van der Waals surface area contributed by atoms with Gasteiger partial charge in [-0.25, -0.2) is 14.8 Å². The van der Waals surface area contributed by atoms with Crippen LogP contribution in [-0.2, 0) is 17.9 Å². The van der Waals surface area contributed by atoms with Crippen LogP contribution in [0.15, 0.2) is 78.9 Å². The summed E-state index contributed by atoms with van der Waals surface area (Å²) in [6, 6.07) is 25.1. The summed E-state index contributed by atoms with van der Waals surface area (Å²) in [5.74, 6) is 2.03. The van der Waals surface area contributed by atoms with E-state index >= 15 is 0 Å². The molecular formula is C25H24N4O3. The number of fused-ring (bicyclic) bond motifs is 1. The maximum Gasteiger partial charge on any atom is 0.407 e. The number of alkyl carbamates (subject to hydrolysis) is 1.